The molecule has 0 heterocycles. The molecule has 0 atom stereocenters. The van der Waals surface area contributed by atoms with E-state index in [9.17, 15) is 4.39 Å². The fourth-order valence-corrected chi connectivity index (χ4v) is 0.708. The molecule has 0 aliphatic heterocycles. The number of nitrogens with zero attached hydrogens (tertiary/aromatic N) is 1. The van der Waals surface area contributed by atoms with Crippen molar-refractivity contribution in [2.75, 3.05) is 5.73 Å². The van der Waals surface area contributed by atoms with Gasteiger partial charge < -0.3 is 11.5 Å². The Morgan fingerprint density at radius 3 is 2.73 bits per heavy atom. The third kappa shape index (κ3) is 1.67. The van der Waals surface area contributed by atoms with Crippen molar-refractivity contribution in [3.05, 3.63) is 24.0 Å². The van der Waals surface area contributed by atoms with Gasteiger partial charge in [-0.05, 0) is 18.2 Å². The Morgan fingerprint density at radius 2 is 2.18 bits per heavy atom. The Kier molecular flexibility index (Phi) is 2.06. The summed E-state index contributed by atoms with van der Waals surface area (Å²) in [5, 5.41) is 0. The van der Waals surface area contributed by atoms with Gasteiger partial charge in [-0.25, -0.2) is 9.38 Å². The Morgan fingerprint density at radius 1 is 1.45 bits per heavy atom. The Bertz CT molecular complexity index is 283. The first-order valence-electron chi connectivity index (χ1n) is 3.03. The van der Waals surface area contributed by atoms with Crippen LogP contribution in [0.3, 0.4) is 0 Å². The average molecular weight is 153 g/mol. The molecule has 1 aromatic rings. The molecular formula is C7H8FN3. The molecule has 0 bridgehead atoms. The highest BCUT2D eigenvalue weighted by atomic mass is 19.1. The van der Waals surface area contributed by atoms with E-state index in [1.165, 1.54) is 12.1 Å². The molecule has 1 aromatic carbocycles. The van der Waals surface area contributed by atoms with Crippen LogP contribution in [0.5, 0.6) is 0 Å². The maximum Gasteiger partial charge on any atom is 0.150 e. The van der Waals surface area contributed by atoms with Crippen molar-refractivity contribution in [1.82, 2.24) is 0 Å². The van der Waals surface area contributed by atoms with Crippen LogP contribution < -0.4 is 11.5 Å². The maximum atomic E-state index is 12.8. The lowest BCUT2D eigenvalue weighted by atomic mass is 10.3. The van der Waals surface area contributed by atoms with Gasteiger partial charge in [-0.2, -0.15) is 0 Å². The summed E-state index contributed by atoms with van der Waals surface area (Å²) < 4.78 is 12.8. The van der Waals surface area contributed by atoms with E-state index in [0.717, 1.165) is 6.34 Å². The molecule has 0 aliphatic carbocycles. The number of aliphatic imine (C=N–C) groups is 1. The number of hydrogen-bond acceptors (Lipinski definition) is 2. The summed E-state index contributed by atoms with van der Waals surface area (Å²) in [7, 11) is 0. The highest BCUT2D eigenvalue weighted by Gasteiger charge is 1.98. The molecule has 11 heavy (non-hydrogen) atoms. The number of hydrogen-bond donors (Lipinski definition) is 2. The second-order valence-corrected chi connectivity index (χ2v) is 1.99. The van der Waals surface area contributed by atoms with Gasteiger partial charge >= 0.3 is 0 Å². The Hall–Kier alpha value is -1.58. The highest BCUT2D eigenvalue weighted by Crippen LogP contribution is 2.18. The predicted octanol–water partition coefficient (Wildman–Crippen LogP) is 1.03. The number of nitrogens with two attached hydrogens (primary N) is 2. The van der Waals surface area contributed by atoms with Gasteiger partial charge in [-0.15, -0.1) is 0 Å². The summed E-state index contributed by atoms with van der Waals surface area (Å²) in [6, 6.07) is 4.22. The van der Waals surface area contributed by atoms with Gasteiger partial charge in [0.05, 0.1) is 6.34 Å². The Labute approximate surface area is 63.5 Å². The smallest absolute Gasteiger partial charge is 0.150 e. The van der Waals surface area contributed by atoms with Crippen molar-refractivity contribution < 1.29 is 4.39 Å². The molecule has 1 rings (SSSR count). The summed E-state index contributed by atoms with van der Waals surface area (Å²) in [5.74, 6) is -0.466. The first-order chi connectivity index (χ1) is 5.24. The summed E-state index contributed by atoms with van der Waals surface area (Å²) >= 11 is 0. The summed E-state index contributed by atoms with van der Waals surface area (Å²) in [6.45, 7) is 0. The fraction of sp³-hybridized carbons (Fsp3) is 0. The van der Waals surface area contributed by atoms with Crippen LogP contribution in [0.25, 0.3) is 0 Å². The van der Waals surface area contributed by atoms with Crippen LogP contribution in [-0.4, -0.2) is 6.34 Å². The topological polar surface area (TPSA) is 64.4 Å². The number of rotatable bonds is 1. The van der Waals surface area contributed by atoms with E-state index in [4.69, 9.17) is 11.5 Å². The molecule has 0 radical (unpaired) electrons. The molecule has 3 nitrogen and oxygen atoms in total. The zero-order chi connectivity index (χ0) is 8.27. The number of benzene rings is 1. The van der Waals surface area contributed by atoms with Crippen LogP contribution in [0.2, 0.25) is 0 Å². The fourth-order valence-electron chi connectivity index (χ4n) is 0.708. The normalized spacial score (nSPS) is 10.6. The van der Waals surface area contributed by atoms with Crippen LogP contribution in [0, 0.1) is 5.82 Å². The summed E-state index contributed by atoms with van der Waals surface area (Å²) in [6.07, 6.45) is 1.04. The Balaban J connectivity index is 3.09. The first-order valence-corrected chi connectivity index (χ1v) is 3.03. The molecule has 0 amide bonds. The third-order valence-corrected chi connectivity index (χ3v) is 1.19. The average Bonchev–Trinajstić information content (AvgIpc) is 1.95. The van der Waals surface area contributed by atoms with Crippen molar-refractivity contribution in [2.24, 2.45) is 10.7 Å². The second-order valence-electron chi connectivity index (χ2n) is 1.99. The third-order valence-electron chi connectivity index (χ3n) is 1.19. The van der Waals surface area contributed by atoms with Crippen molar-refractivity contribution >= 4 is 17.7 Å². The minimum absolute atomic E-state index is 0.196. The van der Waals surface area contributed by atoms with E-state index in [1.54, 1.807) is 6.07 Å². The van der Waals surface area contributed by atoms with Crippen LogP contribution >= 0.6 is 0 Å². The lowest BCUT2D eigenvalue weighted by Gasteiger charge is -1.96. The molecule has 4 heteroatoms. The van der Waals surface area contributed by atoms with Gasteiger partial charge in [0.15, 0.2) is 5.82 Å². The minimum atomic E-state index is -0.466. The number of nitrogen functional groups attached to an aromatic ring is 1. The molecule has 0 aliphatic rings. The predicted molar refractivity (Wildman–Crippen MR) is 43.2 cm³/mol. The van der Waals surface area contributed by atoms with Gasteiger partial charge in [0.1, 0.15) is 5.69 Å². The number of halogens is 1. The van der Waals surface area contributed by atoms with E-state index in [1.807, 2.05) is 0 Å². The summed E-state index contributed by atoms with van der Waals surface area (Å²) in [4.78, 5) is 3.57. The van der Waals surface area contributed by atoms with Crippen molar-refractivity contribution in [3.8, 4) is 0 Å². The molecule has 58 valence electrons. The quantitative estimate of drug-likeness (QED) is 0.359. The molecule has 0 fully saturated rings. The summed E-state index contributed by atoms with van der Waals surface area (Å²) in [5.41, 5.74) is 10.8. The SMILES string of the molecule is NC=Nc1ccc(N)cc1F. The van der Waals surface area contributed by atoms with E-state index >= 15 is 0 Å². The van der Waals surface area contributed by atoms with Gasteiger partial charge in [-0.1, -0.05) is 0 Å². The molecule has 4 N–H and O–H groups in total. The first kappa shape index (κ1) is 7.53. The molecule has 0 saturated heterocycles. The minimum Gasteiger partial charge on any atom is -0.399 e. The van der Waals surface area contributed by atoms with E-state index < -0.39 is 5.82 Å². The van der Waals surface area contributed by atoms with Crippen LogP contribution in [0.4, 0.5) is 15.8 Å². The van der Waals surface area contributed by atoms with Crippen molar-refractivity contribution in [2.45, 2.75) is 0 Å². The lowest BCUT2D eigenvalue weighted by Crippen LogP contribution is -1.89. The van der Waals surface area contributed by atoms with E-state index in [-0.39, 0.29) is 5.69 Å². The molecule has 0 unspecified atom stereocenters. The standard InChI is InChI=1S/C7H8FN3/c8-6-3-5(10)1-2-7(6)11-4-9/h1-4H,10H2,(H2,9,11). The van der Waals surface area contributed by atoms with Gasteiger partial charge in [0.25, 0.3) is 0 Å². The van der Waals surface area contributed by atoms with E-state index in [2.05, 4.69) is 4.99 Å². The van der Waals surface area contributed by atoms with Crippen LogP contribution in [0.15, 0.2) is 23.2 Å². The molecule has 0 saturated carbocycles. The van der Waals surface area contributed by atoms with Gasteiger partial charge in [-0.3, -0.25) is 0 Å². The molecular weight excluding hydrogens is 145 g/mol. The van der Waals surface area contributed by atoms with Gasteiger partial charge in [0.2, 0.25) is 0 Å². The van der Waals surface area contributed by atoms with Crippen molar-refractivity contribution in [3.63, 3.8) is 0 Å². The molecule has 0 spiro atoms. The maximum absolute atomic E-state index is 12.8. The van der Waals surface area contributed by atoms with Crippen LogP contribution in [-0.2, 0) is 0 Å². The van der Waals surface area contributed by atoms with Crippen LogP contribution in [0.1, 0.15) is 0 Å². The lowest BCUT2D eigenvalue weighted by molar-refractivity contribution is 0.630. The second kappa shape index (κ2) is 3.01. The van der Waals surface area contributed by atoms with E-state index in [0.29, 0.717) is 5.69 Å². The largest absolute Gasteiger partial charge is 0.399 e. The zero-order valence-electron chi connectivity index (χ0n) is 5.79. The van der Waals surface area contributed by atoms with Gasteiger partial charge in [0, 0.05) is 5.69 Å². The monoisotopic (exact) mass is 153 g/mol. The highest BCUT2D eigenvalue weighted by molar-refractivity contribution is 5.60. The molecule has 0 aromatic heterocycles. The zero-order valence-corrected chi connectivity index (χ0v) is 5.79. The number of anilines is 1. The van der Waals surface area contributed by atoms with Crippen molar-refractivity contribution in [1.29, 1.82) is 0 Å².